The average Bonchev–Trinajstić information content (AvgIpc) is 3.14. The van der Waals surface area contributed by atoms with E-state index < -0.39 is 48.8 Å². The average molecular weight is 396 g/mol. The summed E-state index contributed by atoms with van der Waals surface area (Å²) in [5.74, 6) is 0.776. The first kappa shape index (κ1) is 21.0. The van der Waals surface area contributed by atoms with Gasteiger partial charge in [0.05, 0.1) is 0 Å². The van der Waals surface area contributed by atoms with Crippen LogP contribution < -0.4 is 0 Å². The molecule has 4 amide bonds. The van der Waals surface area contributed by atoms with Crippen LogP contribution in [-0.2, 0) is 47.9 Å². The van der Waals surface area contributed by atoms with Crippen LogP contribution in [-0.4, -0.2) is 72.1 Å². The van der Waals surface area contributed by atoms with E-state index in [9.17, 15) is 28.8 Å². The number of amides is 4. The molecule has 2 rings (SSSR count). The summed E-state index contributed by atoms with van der Waals surface area (Å²) < 4.78 is 9.78. The Bertz CT molecular complexity index is 658. The molecule has 0 radical (unpaired) electrons. The summed E-state index contributed by atoms with van der Waals surface area (Å²) in [5, 5.41) is 0.821. The summed E-state index contributed by atoms with van der Waals surface area (Å²) in [6.45, 7) is -1.36. The zero-order chi connectivity index (χ0) is 20.5. The van der Waals surface area contributed by atoms with Gasteiger partial charge in [0.15, 0.2) is 0 Å². The molecule has 0 bridgehead atoms. The van der Waals surface area contributed by atoms with Gasteiger partial charge in [-0.05, 0) is 0 Å². The molecular formula is C16H16N2O10. The van der Waals surface area contributed by atoms with Crippen molar-refractivity contribution in [3.63, 3.8) is 0 Å². The van der Waals surface area contributed by atoms with Gasteiger partial charge in [0.1, 0.15) is 26.4 Å². The molecule has 2 aliphatic rings. The van der Waals surface area contributed by atoms with Crippen LogP contribution in [0.1, 0.15) is 25.7 Å². The Hall–Kier alpha value is -3.30. The first-order valence-electron chi connectivity index (χ1n) is 8.13. The molecule has 2 saturated heterocycles. The highest BCUT2D eigenvalue weighted by molar-refractivity contribution is 6.02. The number of carbonyl (C=O) groups is 6. The van der Waals surface area contributed by atoms with Gasteiger partial charge in [-0.2, -0.15) is 0 Å². The molecule has 0 saturated carbocycles. The van der Waals surface area contributed by atoms with E-state index in [-0.39, 0.29) is 38.9 Å². The lowest BCUT2D eigenvalue weighted by molar-refractivity contribution is -0.200. The van der Waals surface area contributed by atoms with Gasteiger partial charge in [-0.1, -0.05) is 11.8 Å². The highest BCUT2D eigenvalue weighted by Gasteiger charge is 2.33. The second kappa shape index (κ2) is 10.1. The summed E-state index contributed by atoms with van der Waals surface area (Å²) in [7, 11) is 0. The Kier molecular flexibility index (Phi) is 7.61. The maximum Gasteiger partial charge on any atom is 0.358 e. The number of hydroxylamine groups is 4. The SMILES string of the molecule is O=C(COCC#CCOCC(=O)ON1C(=O)CCC1=O)ON1C(=O)CCC1=O. The number of hydrogen-bond acceptors (Lipinski definition) is 10. The lowest BCUT2D eigenvalue weighted by Gasteiger charge is -2.12. The number of imide groups is 2. The van der Waals surface area contributed by atoms with Gasteiger partial charge < -0.3 is 19.1 Å². The quantitative estimate of drug-likeness (QED) is 0.263. The predicted molar refractivity (Wildman–Crippen MR) is 83.8 cm³/mol. The molecule has 2 aliphatic heterocycles. The monoisotopic (exact) mass is 396 g/mol. The summed E-state index contributed by atoms with van der Waals surface area (Å²) >= 11 is 0. The van der Waals surface area contributed by atoms with Crippen molar-refractivity contribution in [3.8, 4) is 11.8 Å². The fourth-order valence-corrected chi connectivity index (χ4v) is 2.04. The summed E-state index contributed by atoms with van der Waals surface area (Å²) in [6, 6.07) is 0. The number of ether oxygens (including phenoxy) is 2. The van der Waals surface area contributed by atoms with Gasteiger partial charge in [-0.25, -0.2) is 9.59 Å². The number of hydrogen-bond donors (Lipinski definition) is 0. The van der Waals surface area contributed by atoms with Crippen LogP contribution in [0.25, 0.3) is 0 Å². The predicted octanol–water partition coefficient (Wildman–Crippen LogP) is -1.76. The van der Waals surface area contributed by atoms with Crippen molar-refractivity contribution < 1.29 is 47.9 Å². The third-order valence-corrected chi connectivity index (χ3v) is 3.31. The minimum Gasteiger partial charge on any atom is -0.357 e. The van der Waals surface area contributed by atoms with E-state index in [1.54, 1.807) is 0 Å². The lowest BCUT2D eigenvalue weighted by Crippen LogP contribution is -2.33. The Balaban J connectivity index is 1.53. The molecule has 2 fully saturated rings. The van der Waals surface area contributed by atoms with Gasteiger partial charge in [0.25, 0.3) is 23.6 Å². The van der Waals surface area contributed by atoms with Gasteiger partial charge in [-0.3, -0.25) is 19.2 Å². The first-order valence-corrected chi connectivity index (χ1v) is 8.13. The molecule has 28 heavy (non-hydrogen) atoms. The highest BCUT2D eigenvalue weighted by atomic mass is 16.7. The fourth-order valence-electron chi connectivity index (χ4n) is 2.04. The van der Waals surface area contributed by atoms with Gasteiger partial charge >= 0.3 is 11.9 Å². The van der Waals surface area contributed by atoms with E-state index in [1.807, 2.05) is 0 Å². The third-order valence-electron chi connectivity index (χ3n) is 3.31. The van der Waals surface area contributed by atoms with Gasteiger partial charge in [-0.15, -0.1) is 10.1 Å². The van der Waals surface area contributed by atoms with E-state index >= 15 is 0 Å². The molecule has 0 aromatic heterocycles. The van der Waals surface area contributed by atoms with Crippen molar-refractivity contribution in [1.82, 2.24) is 10.1 Å². The molecule has 0 atom stereocenters. The molecule has 0 aromatic rings. The topological polar surface area (TPSA) is 146 Å². The molecule has 150 valence electrons. The number of rotatable bonds is 8. The van der Waals surface area contributed by atoms with E-state index in [4.69, 9.17) is 9.47 Å². The van der Waals surface area contributed by atoms with E-state index in [1.165, 1.54) is 0 Å². The van der Waals surface area contributed by atoms with E-state index in [0.29, 0.717) is 10.1 Å². The highest BCUT2D eigenvalue weighted by Crippen LogP contribution is 2.12. The molecule has 0 aromatic carbocycles. The van der Waals surface area contributed by atoms with Crippen molar-refractivity contribution >= 4 is 35.6 Å². The molecule has 12 nitrogen and oxygen atoms in total. The smallest absolute Gasteiger partial charge is 0.357 e. The maximum absolute atomic E-state index is 11.4. The van der Waals surface area contributed by atoms with Gasteiger partial charge in [0, 0.05) is 25.7 Å². The Morgan fingerprint density at radius 1 is 0.679 bits per heavy atom. The zero-order valence-electron chi connectivity index (χ0n) is 14.6. The van der Waals surface area contributed by atoms with Crippen molar-refractivity contribution in [2.45, 2.75) is 25.7 Å². The van der Waals surface area contributed by atoms with Crippen LogP contribution in [0.15, 0.2) is 0 Å². The maximum atomic E-state index is 11.4. The van der Waals surface area contributed by atoms with Crippen molar-refractivity contribution in [3.05, 3.63) is 0 Å². The molecule has 0 aliphatic carbocycles. The van der Waals surface area contributed by atoms with Crippen LogP contribution >= 0.6 is 0 Å². The van der Waals surface area contributed by atoms with Crippen molar-refractivity contribution in [2.24, 2.45) is 0 Å². The third kappa shape index (κ3) is 6.15. The first-order chi connectivity index (χ1) is 13.4. The molecular weight excluding hydrogens is 380 g/mol. The van der Waals surface area contributed by atoms with Crippen LogP contribution in [0, 0.1) is 11.8 Å². The molecule has 12 heteroatoms. The van der Waals surface area contributed by atoms with Gasteiger partial charge in [0.2, 0.25) is 0 Å². The second-order valence-corrected chi connectivity index (χ2v) is 5.43. The number of carbonyl (C=O) groups excluding carboxylic acids is 6. The van der Waals surface area contributed by atoms with Crippen LogP contribution in [0.2, 0.25) is 0 Å². The van der Waals surface area contributed by atoms with E-state index in [0.717, 1.165) is 0 Å². The van der Waals surface area contributed by atoms with Crippen LogP contribution in [0.3, 0.4) is 0 Å². The van der Waals surface area contributed by atoms with Crippen LogP contribution in [0.5, 0.6) is 0 Å². The fraction of sp³-hybridized carbons (Fsp3) is 0.500. The van der Waals surface area contributed by atoms with E-state index in [2.05, 4.69) is 21.5 Å². The summed E-state index contributed by atoms with van der Waals surface area (Å²) in [6.07, 6.45) is -0.0134. The Morgan fingerprint density at radius 3 is 1.32 bits per heavy atom. The standard InChI is InChI=1S/C16H16N2O10/c19-11-3-4-12(20)17(11)27-15(23)9-25-7-1-2-8-26-10-16(24)28-18-13(21)5-6-14(18)22/h3-10H2. The Labute approximate surface area is 158 Å². The second-order valence-electron chi connectivity index (χ2n) is 5.43. The molecule has 0 spiro atoms. The molecule has 2 heterocycles. The molecule has 0 N–H and O–H groups in total. The Morgan fingerprint density at radius 2 is 1.00 bits per heavy atom. The minimum absolute atomic E-state index is 0.00334. The van der Waals surface area contributed by atoms with Crippen LogP contribution in [0.4, 0.5) is 0 Å². The lowest BCUT2D eigenvalue weighted by atomic mass is 10.4. The zero-order valence-corrected chi connectivity index (χ0v) is 14.6. The largest absolute Gasteiger partial charge is 0.358 e. The summed E-state index contributed by atoms with van der Waals surface area (Å²) in [4.78, 5) is 77.0. The number of nitrogens with zero attached hydrogens (tertiary/aromatic N) is 2. The normalized spacial score (nSPS) is 16.3. The van der Waals surface area contributed by atoms with Crippen molar-refractivity contribution in [2.75, 3.05) is 26.4 Å². The minimum atomic E-state index is -0.921. The summed E-state index contributed by atoms with van der Waals surface area (Å²) in [5.41, 5.74) is 0. The molecule has 0 unspecified atom stereocenters. The van der Waals surface area contributed by atoms with Crippen molar-refractivity contribution in [1.29, 1.82) is 0 Å².